The summed E-state index contributed by atoms with van der Waals surface area (Å²) < 4.78 is 7.71. The van der Waals surface area contributed by atoms with Crippen molar-refractivity contribution in [2.75, 3.05) is 13.1 Å². The van der Waals surface area contributed by atoms with Crippen LogP contribution < -0.4 is 0 Å². The number of non-ortho nitro benzene ring substituents is 1. The number of aromatic nitrogens is 2. The fourth-order valence-corrected chi connectivity index (χ4v) is 2.34. The van der Waals surface area contributed by atoms with Crippen LogP contribution in [0.5, 0.6) is 0 Å². The zero-order chi connectivity index (χ0) is 15.6. The molecule has 0 radical (unpaired) electrons. The maximum atomic E-state index is 12.2. The van der Waals surface area contributed by atoms with Crippen LogP contribution in [0.2, 0.25) is 0 Å². The van der Waals surface area contributed by atoms with Crippen LogP contribution in [0.3, 0.4) is 0 Å². The number of rotatable bonds is 5. The number of fused-ring (bicyclic) bond motifs is 1. The number of carbonyl (C=O) groups is 2. The zero-order valence-electron chi connectivity index (χ0n) is 10.8. The average molecular weight is 310 g/mol. The normalized spacial score (nSPS) is 10.5. The predicted octanol–water partition coefficient (Wildman–Crippen LogP) is 1.15. The number of benzene rings is 1. The minimum absolute atomic E-state index is 0.0185. The number of hydrogen-bond acceptors (Lipinski definition) is 7. The highest BCUT2D eigenvalue weighted by Gasteiger charge is 2.23. The molecule has 0 bridgehead atoms. The molecule has 2 rings (SSSR count). The van der Waals surface area contributed by atoms with E-state index in [0.717, 1.165) is 22.7 Å². The van der Waals surface area contributed by atoms with Gasteiger partial charge in [-0.05, 0) is 13.0 Å². The quantitative estimate of drug-likeness (QED) is 0.648. The summed E-state index contributed by atoms with van der Waals surface area (Å²) in [5.41, 5.74) is 0.0488. The number of carbonyl (C=O) groups excluding carboxylic acids is 1. The monoisotopic (exact) mass is 310 g/mol. The van der Waals surface area contributed by atoms with Crippen molar-refractivity contribution in [3.8, 4) is 0 Å². The van der Waals surface area contributed by atoms with Gasteiger partial charge in [0.15, 0.2) is 5.52 Å². The number of nitro groups is 1. The molecule has 1 heterocycles. The molecular formula is C11H10N4O5S. The zero-order valence-corrected chi connectivity index (χ0v) is 11.7. The number of aliphatic carboxylic acids is 1. The molecule has 0 aliphatic heterocycles. The van der Waals surface area contributed by atoms with Crippen molar-refractivity contribution in [3.05, 3.63) is 27.8 Å². The summed E-state index contributed by atoms with van der Waals surface area (Å²) in [7, 11) is 0. The smallest absolute Gasteiger partial charge is 0.323 e. The van der Waals surface area contributed by atoms with Crippen LogP contribution in [0.1, 0.15) is 17.3 Å². The second kappa shape index (κ2) is 5.79. The first-order chi connectivity index (χ1) is 9.93. The first-order valence-electron chi connectivity index (χ1n) is 5.85. The SMILES string of the molecule is CCN(CC(=O)O)C(=O)c1cc([N+](=O)[O-])c2nsnc2c1. The van der Waals surface area contributed by atoms with E-state index in [2.05, 4.69) is 8.75 Å². The molecule has 0 saturated carbocycles. The Balaban J connectivity index is 2.48. The highest BCUT2D eigenvalue weighted by molar-refractivity contribution is 7.00. The van der Waals surface area contributed by atoms with Crippen LogP contribution >= 0.6 is 11.7 Å². The molecule has 10 heteroatoms. The van der Waals surface area contributed by atoms with Gasteiger partial charge in [-0.1, -0.05) is 0 Å². The van der Waals surface area contributed by atoms with Gasteiger partial charge in [0.1, 0.15) is 12.1 Å². The molecule has 0 spiro atoms. The van der Waals surface area contributed by atoms with E-state index in [1.165, 1.54) is 6.07 Å². The van der Waals surface area contributed by atoms with E-state index in [1.807, 2.05) is 0 Å². The van der Waals surface area contributed by atoms with Gasteiger partial charge in [-0.25, -0.2) is 0 Å². The van der Waals surface area contributed by atoms with Crippen LogP contribution in [0, 0.1) is 10.1 Å². The summed E-state index contributed by atoms with van der Waals surface area (Å²) in [6.07, 6.45) is 0. The first-order valence-corrected chi connectivity index (χ1v) is 6.58. The summed E-state index contributed by atoms with van der Waals surface area (Å²) in [5.74, 6) is -1.76. The average Bonchev–Trinajstić information content (AvgIpc) is 2.90. The third-order valence-electron chi connectivity index (χ3n) is 2.78. The van der Waals surface area contributed by atoms with Crippen molar-refractivity contribution in [1.82, 2.24) is 13.6 Å². The molecule has 9 nitrogen and oxygen atoms in total. The van der Waals surface area contributed by atoms with Crippen LogP contribution in [-0.2, 0) is 4.79 Å². The summed E-state index contributed by atoms with van der Waals surface area (Å²) >= 11 is 0.806. The highest BCUT2D eigenvalue weighted by atomic mass is 32.1. The van der Waals surface area contributed by atoms with Crippen molar-refractivity contribution in [2.24, 2.45) is 0 Å². The second-order valence-corrected chi connectivity index (χ2v) is 4.63. The summed E-state index contributed by atoms with van der Waals surface area (Å²) in [6, 6.07) is 2.47. The van der Waals surface area contributed by atoms with Gasteiger partial charge in [0.2, 0.25) is 0 Å². The molecule has 0 atom stereocenters. The molecule has 0 saturated heterocycles. The third kappa shape index (κ3) is 2.94. The highest BCUT2D eigenvalue weighted by Crippen LogP contribution is 2.26. The number of likely N-dealkylation sites (N-methyl/N-ethyl adjacent to an activating group) is 1. The minimum Gasteiger partial charge on any atom is -0.480 e. The Morgan fingerprint density at radius 3 is 2.71 bits per heavy atom. The van der Waals surface area contributed by atoms with Crippen molar-refractivity contribution in [2.45, 2.75) is 6.92 Å². The molecule has 21 heavy (non-hydrogen) atoms. The van der Waals surface area contributed by atoms with Gasteiger partial charge in [0.05, 0.1) is 16.7 Å². The fraction of sp³-hybridized carbons (Fsp3) is 0.273. The number of hydrogen-bond donors (Lipinski definition) is 1. The molecule has 0 unspecified atom stereocenters. The number of amides is 1. The van der Waals surface area contributed by atoms with E-state index < -0.39 is 23.3 Å². The molecule has 2 aromatic rings. The Hall–Kier alpha value is -2.62. The largest absolute Gasteiger partial charge is 0.480 e. The van der Waals surface area contributed by atoms with Crippen LogP contribution in [0.25, 0.3) is 11.0 Å². The second-order valence-electron chi connectivity index (χ2n) is 4.10. The Kier molecular flexibility index (Phi) is 4.08. The fourth-order valence-electron chi connectivity index (χ4n) is 1.81. The molecular weight excluding hydrogens is 300 g/mol. The van der Waals surface area contributed by atoms with E-state index >= 15 is 0 Å². The van der Waals surface area contributed by atoms with Crippen molar-refractivity contribution >= 4 is 40.3 Å². The van der Waals surface area contributed by atoms with Gasteiger partial charge >= 0.3 is 5.97 Å². The van der Waals surface area contributed by atoms with E-state index in [-0.39, 0.29) is 28.8 Å². The number of nitro benzene ring substituents is 1. The van der Waals surface area contributed by atoms with Crippen LogP contribution in [0.15, 0.2) is 12.1 Å². The predicted molar refractivity (Wildman–Crippen MR) is 73.3 cm³/mol. The number of carboxylic acid groups (broad SMARTS) is 1. The van der Waals surface area contributed by atoms with Gasteiger partial charge in [-0.2, -0.15) is 8.75 Å². The van der Waals surface area contributed by atoms with Gasteiger partial charge in [-0.3, -0.25) is 19.7 Å². The minimum atomic E-state index is -1.16. The molecule has 1 aromatic carbocycles. The lowest BCUT2D eigenvalue weighted by atomic mass is 10.1. The maximum Gasteiger partial charge on any atom is 0.323 e. The molecule has 0 fully saturated rings. The number of carboxylic acids is 1. The maximum absolute atomic E-state index is 12.2. The van der Waals surface area contributed by atoms with E-state index in [9.17, 15) is 19.7 Å². The summed E-state index contributed by atoms with van der Waals surface area (Å²) in [6.45, 7) is 1.32. The molecule has 0 aliphatic rings. The molecule has 1 aromatic heterocycles. The van der Waals surface area contributed by atoms with Gasteiger partial charge in [0.25, 0.3) is 11.6 Å². The molecule has 1 amide bonds. The Morgan fingerprint density at radius 1 is 1.43 bits per heavy atom. The Labute approximate surface area is 122 Å². The molecule has 110 valence electrons. The first kappa shape index (κ1) is 14.8. The lowest BCUT2D eigenvalue weighted by Crippen LogP contribution is -2.35. The Bertz CT molecular complexity index is 728. The topological polar surface area (TPSA) is 127 Å². The van der Waals surface area contributed by atoms with Crippen molar-refractivity contribution in [3.63, 3.8) is 0 Å². The van der Waals surface area contributed by atoms with Crippen molar-refractivity contribution in [1.29, 1.82) is 0 Å². The van der Waals surface area contributed by atoms with Crippen LogP contribution in [0.4, 0.5) is 5.69 Å². The van der Waals surface area contributed by atoms with Crippen molar-refractivity contribution < 1.29 is 19.6 Å². The van der Waals surface area contributed by atoms with E-state index in [4.69, 9.17) is 5.11 Å². The van der Waals surface area contributed by atoms with Crippen LogP contribution in [-0.4, -0.2) is 48.6 Å². The number of nitrogens with zero attached hydrogens (tertiary/aromatic N) is 4. The standard InChI is InChI=1S/C11H10N4O5S/c1-2-14(5-9(16)17)11(18)6-3-7-10(13-21-12-7)8(4-6)15(19)20/h3-4H,2,5H2,1H3,(H,16,17). The van der Waals surface area contributed by atoms with Gasteiger partial charge in [0, 0.05) is 18.2 Å². The lowest BCUT2D eigenvalue weighted by molar-refractivity contribution is -0.383. The summed E-state index contributed by atoms with van der Waals surface area (Å²) in [5, 5.41) is 19.8. The van der Waals surface area contributed by atoms with E-state index in [0.29, 0.717) is 0 Å². The lowest BCUT2D eigenvalue weighted by Gasteiger charge is -2.18. The van der Waals surface area contributed by atoms with Gasteiger partial charge in [-0.15, -0.1) is 0 Å². The Morgan fingerprint density at radius 2 is 2.14 bits per heavy atom. The van der Waals surface area contributed by atoms with Gasteiger partial charge < -0.3 is 10.0 Å². The van der Waals surface area contributed by atoms with E-state index in [1.54, 1.807) is 6.92 Å². The summed E-state index contributed by atoms with van der Waals surface area (Å²) in [4.78, 5) is 34.4. The third-order valence-corrected chi connectivity index (χ3v) is 3.32. The molecule has 1 N–H and O–H groups in total. The molecule has 0 aliphatic carbocycles.